The molecule has 8 heteroatoms. The number of halogens is 1. The monoisotopic (exact) mass is 407 g/mol. The van der Waals surface area contributed by atoms with E-state index >= 15 is 0 Å². The van der Waals surface area contributed by atoms with Crippen LogP contribution in [-0.2, 0) is 24.2 Å². The number of carbonyl (C=O) groups is 2. The Morgan fingerprint density at radius 3 is 2.25 bits per heavy atom. The maximum absolute atomic E-state index is 12.9. The van der Waals surface area contributed by atoms with Gasteiger partial charge in [0, 0.05) is 12.2 Å². The predicted octanol–water partition coefficient (Wildman–Crippen LogP) is 2.97. The third-order valence-corrected chi connectivity index (χ3v) is 5.79. The molecule has 28 heavy (non-hydrogen) atoms. The van der Waals surface area contributed by atoms with Crippen LogP contribution in [0.15, 0.2) is 59.5 Å². The summed E-state index contributed by atoms with van der Waals surface area (Å²) >= 11 is 0. The van der Waals surface area contributed by atoms with Crippen LogP contribution in [0.1, 0.15) is 20.3 Å². The van der Waals surface area contributed by atoms with Crippen molar-refractivity contribution >= 4 is 27.4 Å². The number of carbonyl (C=O) groups excluding carboxylic acids is 2. The van der Waals surface area contributed by atoms with Gasteiger partial charge in [-0.2, -0.15) is 0 Å². The first-order valence-electron chi connectivity index (χ1n) is 8.79. The van der Waals surface area contributed by atoms with Gasteiger partial charge in [0.2, 0.25) is 0 Å². The lowest BCUT2D eigenvalue weighted by atomic mass is 10.2. The summed E-state index contributed by atoms with van der Waals surface area (Å²) in [5, 5.41) is 0. The van der Waals surface area contributed by atoms with Crippen molar-refractivity contribution < 1.29 is 27.1 Å². The molecule has 0 unspecified atom stereocenters. The van der Waals surface area contributed by atoms with Crippen molar-refractivity contribution in [2.24, 2.45) is 0 Å². The van der Waals surface area contributed by atoms with Crippen LogP contribution in [0.25, 0.3) is 0 Å². The number of para-hydroxylation sites is 1. The summed E-state index contributed by atoms with van der Waals surface area (Å²) in [7, 11) is -3.75. The van der Waals surface area contributed by atoms with Gasteiger partial charge in [-0.15, -0.1) is 0 Å². The second kappa shape index (κ2) is 9.45. The Kier molecular flexibility index (Phi) is 7.28. The number of hydrogen-bond acceptors (Lipinski definition) is 5. The summed E-state index contributed by atoms with van der Waals surface area (Å²) in [5.41, 5.74) is 0.678. The van der Waals surface area contributed by atoms with Crippen molar-refractivity contribution in [1.82, 2.24) is 0 Å². The summed E-state index contributed by atoms with van der Waals surface area (Å²) in [4.78, 5) is 26.0. The summed E-state index contributed by atoms with van der Waals surface area (Å²) < 4.78 is 42.4. The summed E-state index contributed by atoms with van der Waals surface area (Å²) in [6.45, 7) is 3.64. The van der Waals surface area contributed by atoms with Crippen LogP contribution in [0.2, 0.25) is 0 Å². The van der Waals surface area contributed by atoms with Crippen molar-refractivity contribution in [3.8, 4) is 0 Å². The number of anilines is 1. The molecule has 0 N–H and O–H groups in total. The molecule has 0 bridgehead atoms. The highest BCUT2D eigenvalue weighted by molar-refractivity contribution is 7.91. The molecule has 0 aromatic heterocycles. The number of esters is 1. The van der Waals surface area contributed by atoms with Gasteiger partial charge in [-0.05, 0) is 50.2 Å². The molecule has 0 aliphatic carbocycles. The van der Waals surface area contributed by atoms with Gasteiger partial charge in [-0.25, -0.2) is 12.8 Å². The van der Waals surface area contributed by atoms with E-state index in [-0.39, 0.29) is 4.90 Å². The molecule has 2 rings (SSSR count). The lowest BCUT2D eigenvalue weighted by molar-refractivity contribution is -0.153. The first-order valence-corrected chi connectivity index (χ1v) is 10.4. The quantitative estimate of drug-likeness (QED) is 0.496. The fourth-order valence-corrected chi connectivity index (χ4v) is 3.80. The van der Waals surface area contributed by atoms with E-state index in [0.29, 0.717) is 12.2 Å². The Morgan fingerprint density at radius 2 is 1.68 bits per heavy atom. The summed E-state index contributed by atoms with van der Waals surface area (Å²) in [6, 6.07) is 13.3. The van der Waals surface area contributed by atoms with Crippen LogP contribution in [0.4, 0.5) is 10.1 Å². The van der Waals surface area contributed by atoms with Crippen molar-refractivity contribution in [2.45, 2.75) is 31.3 Å². The fourth-order valence-electron chi connectivity index (χ4n) is 2.58. The predicted molar refractivity (Wildman–Crippen MR) is 103 cm³/mol. The van der Waals surface area contributed by atoms with Gasteiger partial charge < -0.3 is 9.64 Å². The summed E-state index contributed by atoms with van der Waals surface area (Å²) in [5.74, 6) is -2.24. The highest BCUT2D eigenvalue weighted by Crippen LogP contribution is 2.16. The molecule has 0 spiro atoms. The largest absolute Gasteiger partial charge is 0.452 e. The molecule has 0 fully saturated rings. The van der Waals surface area contributed by atoms with Gasteiger partial charge in [0.05, 0.1) is 17.1 Å². The second-order valence-electron chi connectivity index (χ2n) is 6.07. The van der Waals surface area contributed by atoms with E-state index in [2.05, 4.69) is 0 Å². The number of sulfone groups is 1. The molecule has 0 saturated heterocycles. The molecule has 1 amide bonds. The molecular weight excluding hydrogens is 385 g/mol. The Balaban J connectivity index is 1.94. The van der Waals surface area contributed by atoms with Gasteiger partial charge >= 0.3 is 5.97 Å². The standard InChI is InChI=1S/C20H22FNO5S/c1-3-22(17-7-5-4-6-8-17)20(24)15(2)27-19(23)13-14-28(25,26)18-11-9-16(21)10-12-18/h4-12,15H,3,13-14H2,1-2H3/t15-/m1/s1. The molecule has 2 aromatic carbocycles. The molecular formula is C20H22FNO5S. The second-order valence-corrected chi connectivity index (χ2v) is 8.18. The van der Waals surface area contributed by atoms with Gasteiger partial charge in [-0.3, -0.25) is 9.59 Å². The Bertz CT molecular complexity index is 913. The molecule has 2 aromatic rings. The highest BCUT2D eigenvalue weighted by Gasteiger charge is 2.25. The molecule has 0 saturated carbocycles. The number of ether oxygens (including phenoxy) is 1. The molecule has 150 valence electrons. The van der Waals surface area contributed by atoms with E-state index in [9.17, 15) is 22.4 Å². The minimum absolute atomic E-state index is 0.0768. The number of hydrogen-bond donors (Lipinski definition) is 0. The van der Waals surface area contributed by atoms with Gasteiger partial charge in [0.15, 0.2) is 15.9 Å². The maximum Gasteiger partial charge on any atom is 0.307 e. The Morgan fingerprint density at radius 1 is 1.07 bits per heavy atom. The minimum Gasteiger partial charge on any atom is -0.452 e. The molecule has 0 radical (unpaired) electrons. The van der Waals surface area contributed by atoms with Crippen molar-refractivity contribution in [3.05, 3.63) is 60.4 Å². The number of benzene rings is 2. The molecule has 0 aliphatic rings. The van der Waals surface area contributed by atoms with Crippen LogP contribution in [0.5, 0.6) is 0 Å². The lowest BCUT2D eigenvalue weighted by Crippen LogP contribution is -2.40. The van der Waals surface area contributed by atoms with Crippen LogP contribution < -0.4 is 4.90 Å². The van der Waals surface area contributed by atoms with Crippen LogP contribution in [-0.4, -0.2) is 38.7 Å². The molecule has 0 heterocycles. The molecule has 6 nitrogen and oxygen atoms in total. The fraction of sp³-hybridized carbons (Fsp3) is 0.300. The third kappa shape index (κ3) is 5.63. The highest BCUT2D eigenvalue weighted by atomic mass is 32.2. The van der Waals surface area contributed by atoms with Crippen molar-refractivity contribution in [2.75, 3.05) is 17.2 Å². The number of amides is 1. The molecule has 1 atom stereocenters. The van der Waals surface area contributed by atoms with E-state index < -0.39 is 45.8 Å². The average molecular weight is 407 g/mol. The van der Waals surface area contributed by atoms with Gasteiger partial charge in [0.1, 0.15) is 5.82 Å². The Hall–Kier alpha value is -2.74. The minimum atomic E-state index is -3.75. The number of rotatable bonds is 8. The SMILES string of the molecule is CCN(C(=O)[C@@H](C)OC(=O)CCS(=O)(=O)c1ccc(F)cc1)c1ccccc1. The van der Waals surface area contributed by atoms with Crippen molar-refractivity contribution in [1.29, 1.82) is 0 Å². The zero-order valence-corrected chi connectivity index (χ0v) is 16.5. The zero-order valence-electron chi connectivity index (χ0n) is 15.7. The van der Waals surface area contributed by atoms with E-state index in [4.69, 9.17) is 4.74 Å². The van der Waals surface area contributed by atoms with Gasteiger partial charge in [0.25, 0.3) is 5.91 Å². The number of likely N-dealkylation sites (N-methyl/N-ethyl adjacent to an activating group) is 1. The number of nitrogens with zero attached hydrogens (tertiary/aromatic N) is 1. The maximum atomic E-state index is 12.9. The third-order valence-electron chi connectivity index (χ3n) is 4.05. The van der Waals surface area contributed by atoms with E-state index in [1.54, 1.807) is 31.2 Å². The lowest BCUT2D eigenvalue weighted by Gasteiger charge is -2.24. The smallest absolute Gasteiger partial charge is 0.307 e. The molecule has 0 aliphatic heterocycles. The zero-order chi connectivity index (χ0) is 20.7. The van der Waals surface area contributed by atoms with Crippen LogP contribution >= 0.6 is 0 Å². The average Bonchev–Trinajstić information content (AvgIpc) is 2.68. The first-order chi connectivity index (χ1) is 13.2. The van der Waals surface area contributed by atoms with E-state index in [0.717, 1.165) is 24.3 Å². The summed E-state index contributed by atoms with van der Waals surface area (Å²) in [6.07, 6.45) is -1.46. The van der Waals surface area contributed by atoms with E-state index in [1.165, 1.54) is 11.8 Å². The first kappa shape index (κ1) is 21.6. The normalized spacial score (nSPS) is 12.2. The van der Waals surface area contributed by atoms with Crippen molar-refractivity contribution in [3.63, 3.8) is 0 Å². The van der Waals surface area contributed by atoms with Gasteiger partial charge in [-0.1, -0.05) is 18.2 Å². The van der Waals surface area contributed by atoms with Crippen LogP contribution in [0.3, 0.4) is 0 Å². The topological polar surface area (TPSA) is 80.8 Å². The Labute approximate surface area is 163 Å². The van der Waals surface area contributed by atoms with Crippen LogP contribution in [0, 0.1) is 5.82 Å². The van der Waals surface area contributed by atoms with E-state index in [1.807, 2.05) is 6.07 Å².